The van der Waals surface area contributed by atoms with Crippen molar-refractivity contribution in [1.82, 2.24) is 0 Å². The van der Waals surface area contributed by atoms with Gasteiger partial charge in [0, 0.05) is 11.2 Å². The van der Waals surface area contributed by atoms with Gasteiger partial charge >= 0.3 is 0 Å². The van der Waals surface area contributed by atoms with E-state index in [1.807, 2.05) is 42.5 Å². The molecule has 1 N–H and O–H groups in total. The van der Waals surface area contributed by atoms with E-state index < -0.39 is 7.37 Å². The fraction of sp³-hybridized carbons (Fsp3) is 0.419. The molecule has 0 unspecified atom stereocenters. The highest BCUT2D eigenvalue weighted by atomic mass is 35.5. The second kappa shape index (κ2) is 10.8. The number of phenolic OH excluding ortho intramolecular Hbond substituents is 1. The van der Waals surface area contributed by atoms with Crippen molar-refractivity contribution in [3.63, 3.8) is 0 Å². The topological polar surface area (TPSA) is 55.8 Å². The SMILES string of the molecule is Cc1cc(OC[P@]2(=O)CC(C)(C)C[C@@H](c3cccc(Cl)c3)O2)cc(C)c1Cc1ccc(O)c(C(C)C)c1. The number of aromatic hydroxyl groups is 1. The minimum Gasteiger partial charge on any atom is -0.508 e. The predicted molar refractivity (Wildman–Crippen MR) is 153 cm³/mol. The Morgan fingerprint density at radius 1 is 1.11 bits per heavy atom. The van der Waals surface area contributed by atoms with Crippen LogP contribution in [0.5, 0.6) is 11.5 Å². The molecule has 0 spiro atoms. The van der Waals surface area contributed by atoms with E-state index in [2.05, 4.69) is 47.6 Å². The average Bonchev–Trinajstić information content (AvgIpc) is 2.80. The Kier molecular flexibility index (Phi) is 8.14. The van der Waals surface area contributed by atoms with Crippen LogP contribution < -0.4 is 4.74 Å². The van der Waals surface area contributed by atoms with Gasteiger partial charge in [0.15, 0.2) is 6.35 Å². The monoisotopic (exact) mass is 540 g/mol. The Bertz CT molecular complexity index is 1310. The smallest absolute Gasteiger partial charge is 0.240 e. The van der Waals surface area contributed by atoms with Crippen LogP contribution in [0, 0.1) is 19.3 Å². The molecule has 6 heteroatoms. The molecule has 3 aromatic rings. The third-order valence-corrected chi connectivity index (χ3v) is 9.87. The van der Waals surface area contributed by atoms with Crippen molar-refractivity contribution in [2.45, 2.75) is 66.4 Å². The lowest BCUT2D eigenvalue weighted by molar-refractivity contribution is 0.111. The number of halogens is 1. The van der Waals surface area contributed by atoms with E-state index in [-0.39, 0.29) is 23.8 Å². The van der Waals surface area contributed by atoms with E-state index in [9.17, 15) is 9.67 Å². The molecule has 0 amide bonds. The Hall–Kier alpha value is -2.26. The van der Waals surface area contributed by atoms with Crippen LogP contribution in [0.3, 0.4) is 0 Å². The maximum absolute atomic E-state index is 13.9. The molecular weight excluding hydrogens is 503 g/mol. The second-order valence-corrected chi connectivity index (χ2v) is 14.4. The van der Waals surface area contributed by atoms with Gasteiger partial charge < -0.3 is 14.4 Å². The van der Waals surface area contributed by atoms with E-state index in [4.69, 9.17) is 20.9 Å². The van der Waals surface area contributed by atoms with Crippen LogP contribution in [-0.4, -0.2) is 17.6 Å². The van der Waals surface area contributed by atoms with Crippen LogP contribution in [0.1, 0.15) is 79.5 Å². The molecule has 0 aromatic heterocycles. The Labute approximate surface area is 226 Å². The molecular formula is C31H38ClO4P. The average molecular weight is 541 g/mol. The van der Waals surface area contributed by atoms with Crippen LogP contribution in [0.25, 0.3) is 0 Å². The summed E-state index contributed by atoms with van der Waals surface area (Å²) in [5.74, 6) is 1.30. The van der Waals surface area contributed by atoms with Crippen molar-refractivity contribution in [2.24, 2.45) is 5.41 Å². The van der Waals surface area contributed by atoms with Gasteiger partial charge in [0.1, 0.15) is 11.5 Å². The van der Waals surface area contributed by atoms with Gasteiger partial charge in [-0.25, -0.2) is 0 Å². The summed E-state index contributed by atoms with van der Waals surface area (Å²) in [5.41, 5.74) is 6.41. The largest absolute Gasteiger partial charge is 0.508 e. The summed E-state index contributed by atoms with van der Waals surface area (Å²) in [7, 11) is -3.04. The van der Waals surface area contributed by atoms with Gasteiger partial charge in [0.2, 0.25) is 7.37 Å². The van der Waals surface area contributed by atoms with E-state index in [1.54, 1.807) is 6.07 Å². The van der Waals surface area contributed by atoms with Crippen molar-refractivity contribution in [3.8, 4) is 11.5 Å². The summed E-state index contributed by atoms with van der Waals surface area (Å²) in [6.07, 6.45) is 1.80. The van der Waals surface area contributed by atoms with Crippen LogP contribution in [0.4, 0.5) is 0 Å². The molecule has 2 atom stereocenters. The molecule has 198 valence electrons. The Morgan fingerprint density at radius 2 is 1.81 bits per heavy atom. The maximum atomic E-state index is 13.9. The van der Waals surface area contributed by atoms with Crippen molar-refractivity contribution in [2.75, 3.05) is 12.5 Å². The van der Waals surface area contributed by atoms with Gasteiger partial charge in [-0.1, -0.05) is 63.6 Å². The lowest BCUT2D eigenvalue weighted by Crippen LogP contribution is -2.29. The first-order chi connectivity index (χ1) is 17.3. The van der Waals surface area contributed by atoms with Crippen molar-refractivity contribution < 1.29 is 18.9 Å². The lowest BCUT2D eigenvalue weighted by Gasteiger charge is -2.40. The summed E-state index contributed by atoms with van der Waals surface area (Å²) >= 11 is 6.21. The molecule has 4 rings (SSSR count). The van der Waals surface area contributed by atoms with E-state index in [1.165, 1.54) is 5.56 Å². The van der Waals surface area contributed by atoms with Crippen molar-refractivity contribution in [3.05, 3.63) is 93.0 Å². The molecule has 37 heavy (non-hydrogen) atoms. The number of rotatable bonds is 7. The third-order valence-electron chi connectivity index (χ3n) is 7.14. The summed E-state index contributed by atoms with van der Waals surface area (Å²) < 4.78 is 26.2. The number of aryl methyl sites for hydroxylation is 2. The molecule has 1 heterocycles. The minimum absolute atomic E-state index is 0.0431. The van der Waals surface area contributed by atoms with Crippen LogP contribution >= 0.6 is 19.0 Å². The lowest BCUT2D eigenvalue weighted by atomic mass is 9.86. The summed E-state index contributed by atoms with van der Waals surface area (Å²) in [4.78, 5) is 0. The molecule has 0 bridgehead atoms. The Morgan fingerprint density at radius 3 is 2.46 bits per heavy atom. The quantitative estimate of drug-likeness (QED) is 0.303. The van der Waals surface area contributed by atoms with E-state index in [0.717, 1.165) is 40.7 Å². The zero-order chi connectivity index (χ0) is 27.0. The van der Waals surface area contributed by atoms with Gasteiger partial charge in [-0.2, -0.15) is 0 Å². The predicted octanol–water partition coefficient (Wildman–Crippen LogP) is 9.18. The van der Waals surface area contributed by atoms with Crippen molar-refractivity contribution >= 4 is 19.0 Å². The molecule has 1 fully saturated rings. The fourth-order valence-electron chi connectivity index (χ4n) is 5.36. The zero-order valence-electron chi connectivity index (χ0n) is 22.7. The number of benzene rings is 3. The highest BCUT2D eigenvalue weighted by molar-refractivity contribution is 7.58. The molecule has 1 aliphatic rings. The highest BCUT2D eigenvalue weighted by Crippen LogP contribution is 2.61. The minimum atomic E-state index is -3.04. The van der Waals surface area contributed by atoms with E-state index in [0.29, 0.717) is 22.7 Å². The highest BCUT2D eigenvalue weighted by Gasteiger charge is 2.43. The van der Waals surface area contributed by atoms with Gasteiger partial charge in [0.25, 0.3) is 0 Å². The molecule has 1 saturated heterocycles. The Balaban J connectivity index is 1.50. The zero-order valence-corrected chi connectivity index (χ0v) is 24.3. The standard InChI is InChI=1S/C31H38ClO4P/c1-20(2)27-14-23(10-11-29(27)33)15-28-21(3)12-26(13-22(28)4)35-19-37(34)18-31(5,6)17-30(36-37)24-8-7-9-25(32)16-24/h7-14,16,20,30,33H,15,17-19H2,1-6H3/t30-,37-/m0/s1. The number of hydrogen-bond donors (Lipinski definition) is 1. The third kappa shape index (κ3) is 6.79. The summed E-state index contributed by atoms with van der Waals surface area (Å²) in [6.45, 7) is 12.6. The van der Waals surface area contributed by atoms with Gasteiger partial charge in [-0.05, 0) is 102 Å². The van der Waals surface area contributed by atoms with Gasteiger partial charge in [-0.15, -0.1) is 0 Å². The first kappa shape index (κ1) is 27.8. The molecule has 4 nitrogen and oxygen atoms in total. The molecule has 0 radical (unpaired) electrons. The van der Waals surface area contributed by atoms with E-state index >= 15 is 0 Å². The molecule has 0 saturated carbocycles. The van der Waals surface area contributed by atoms with Gasteiger partial charge in [0.05, 0.1) is 6.10 Å². The second-order valence-electron chi connectivity index (χ2n) is 11.5. The normalized spacial score (nSPS) is 21.2. The summed E-state index contributed by atoms with van der Waals surface area (Å²) in [5, 5.41) is 10.8. The van der Waals surface area contributed by atoms with Crippen LogP contribution in [0.2, 0.25) is 5.02 Å². The molecule has 0 aliphatic carbocycles. The van der Waals surface area contributed by atoms with Crippen molar-refractivity contribution in [1.29, 1.82) is 0 Å². The number of ether oxygens (including phenoxy) is 1. The summed E-state index contributed by atoms with van der Waals surface area (Å²) in [6, 6.07) is 17.5. The first-order valence-corrected chi connectivity index (χ1v) is 15.3. The number of hydrogen-bond acceptors (Lipinski definition) is 4. The first-order valence-electron chi connectivity index (χ1n) is 12.9. The maximum Gasteiger partial charge on any atom is 0.240 e. The molecule has 3 aromatic carbocycles. The van der Waals surface area contributed by atoms with Gasteiger partial charge in [-0.3, -0.25) is 4.57 Å². The number of phenols is 1. The van der Waals surface area contributed by atoms with Crippen LogP contribution in [0.15, 0.2) is 54.6 Å². The van der Waals surface area contributed by atoms with Crippen LogP contribution in [-0.2, 0) is 15.5 Å². The molecule has 1 aliphatic heterocycles. The fourth-order valence-corrected chi connectivity index (χ4v) is 8.22.